The lowest BCUT2D eigenvalue weighted by Gasteiger charge is -2.02. The van der Waals surface area contributed by atoms with Crippen LogP contribution in [-0.4, -0.2) is 21.9 Å². The van der Waals surface area contributed by atoms with Crippen LogP contribution in [0.25, 0.3) is 0 Å². The molecule has 0 aromatic carbocycles. The van der Waals surface area contributed by atoms with Gasteiger partial charge in [-0.15, -0.1) is 0 Å². The highest BCUT2D eigenvalue weighted by Crippen LogP contribution is 2.29. The molecule has 6 heteroatoms. The van der Waals surface area contributed by atoms with Crippen molar-refractivity contribution in [1.29, 1.82) is 0 Å². The maximum absolute atomic E-state index is 12.2. The second-order valence-electron chi connectivity index (χ2n) is 2.43. The van der Waals surface area contributed by atoms with Crippen LogP contribution >= 0.6 is 0 Å². The van der Waals surface area contributed by atoms with Crippen LogP contribution in [0, 0.1) is 11.8 Å². The summed E-state index contributed by atoms with van der Waals surface area (Å²) in [6.45, 7) is -0.174. The molecule has 76 valence electrons. The van der Waals surface area contributed by atoms with Gasteiger partial charge in [-0.2, -0.15) is 18.3 Å². The quantitative estimate of drug-likeness (QED) is 0.674. The zero-order chi connectivity index (χ0) is 10.6. The molecule has 14 heavy (non-hydrogen) atoms. The van der Waals surface area contributed by atoms with Gasteiger partial charge in [-0.05, 0) is 0 Å². The lowest BCUT2D eigenvalue weighted by Crippen LogP contribution is -2.07. The summed E-state index contributed by atoms with van der Waals surface area (Å²) in [4.78, 5) is 0. The Balaban J connectivity index is 2.90. The summed E-state index contributed by atoms with van der Waals surface area (Å²) < 4.78 is 36.6. The Kier molecular flexibility index (Phi) is 3.14. The fourth-order valence-corrected chi connectivity index (χ4v) is 0.811. The molecule has 1 heterocycles. The molecule has 2 N–H and O–H groups in total. The van der Waals surface area contributed by atoms with Crippen molar-refractivity contribution in [2.75, 3.05) is 6.61 Å². The molecule has 0 aliphatic heterocycles. The zero-order valence-electron chi connectivity index (χ0n) is 7.02. The molecule has 0 saturated heterocycles. The molecule has 0 fully saturated rings. The minimum absolute atomic E-state index is 0.141. The Labute approximate surface area is 77.9 Å². The molecule has 0 atom stereocenters. The van der Waals surface area contributed by atoms with Gasteiger partial charge in [0.15, 0.2) is 5.69 Å². The average molecular weight is 204 g/mol. The molecule has 0 amide bonds. The number of aliphatic hydroxyl groups excluding tert-OH is 1. The van der Waals surface area contributed by atoms with Crippen molar-refractivity contribution < 1.29 is 18.3 Å². The minimum atomic E-state index is -4.47. The first-order valence-corrected chi connectivity index (χ1v) is 3.76. The summed E-state index contributed by atoms with van der Waals surface area (Å²) in [5.74, 6) is 4.67. The van der Waals surface area contributed by atoms with Crippen molar-refractivity contribution in [3.8, 4) is 11.8 Å². The molecule has 0 saturated carbocycles. The topological polar surface area (TPSA) is 48.9 Å². The van der Waals surface area contributed by atoms with Gasteiger partial charge >= 0.3 is 6.18 Å². The number of alkyl halides is 3. The summed E-state index contributed by atoms with van der Waals surface area (Å²) in [5, 5.41) is 13.5. The van der Waals surface area contributed by atoms with Crippen LogP contribution in [0.15, 0.2) is 6.20 Å². The predicted octanol–water partition coefficient (Wildman–Crippen LogP) is 1.16. The summed E-state index contributed by atoms with van der Waals surface area (Å²) in [6.07, 6.45) is -3.32. The van der Waals surface area contributed by atoms with Crippen molar-refractivity contribution in [1.82, 2.24) is 10.2 Å². The Morgan fingerprint density at radius 1 is 1.50 bits per heavy atom. The Bertz CT molecular complexity index is 359. The number of aromatic amines is 1. The van der Waals surface area contributed by atoms with E-state index in [4.69, 9.17) is 5.11 Å². The number of hydrogen-bond donors (Lipinski definition) is 2. The van der Waals surface area contributed by atoms with Gasteiger partial charge in [0.2, 0.25) is 0 Å². The Morgan fingerprint density at radius 3 is 2.79 bits per heavy atom. The molecule has 0 aliphatic rings. The highest BCUT2D eigenvalue weighted by molar-refractivity contribution is 5.37. The van der Waals surface area contributed by atoms with Crippen LogP contribution in [0.1, 0.15) is 17.7 Å². The summed E-state index contributed by atoms with van der Waals surface area (Å²) >= 11 is 0. The molecular formula is C8H7F3N2O. The van der Waals surface area contributed by atoms with Crippen LogP contribution in [0.5, 0.6) is 0 Å². The Morgan fingerprint density at radius 2 is 2.21 bits per heavy atom. The molecule has 0 spiro atoms. The average Bonchev–Trinajstić information content (AvgIpc) is 2.52. The number of aromatic nitrogens is 2. The normalized spacial score (nSPS) is 10.9. The molecule has 0 radical (unpaired) electrons. The number of hydrogen-bond acceptors (Lipinski definition) is 2. The first-order chi connectivity index (χ1) is 6.55. The molecule has 1 rings (SSSR count). The molecule has 1 aromatic heterocycles. The molecular weight excluding hydrogens is 197 g/mol. The fraction of sp³-hybridized carbons (Fsp3) is 0.375. The van der Waals surface area contributed by atoms with Crippen molar-refractivity contribution in [3.63, 3.8) is 0 Å². The number of rotatable bonds is 1. The van der Waals surface area contributed by atoms with E-state index in [9.17, 15) is 13.2 Å². The molecule has 0 unspecified atom stereocenters. The van der Waals surface area contributed by atoms with E-state index < -0.39 is 11.9 Å². The molecule has 1 aromatic rings. The maximum atomic E-state index is 12.2. The van der Waals surface area contributed by atoms with Crippen LogP contribution in [-0.2, 0) is 6.18 Å². The number of H-pyrrole nitrogens is 1. The number of nitrogens with one attached hydrogen (secondary N) is 1. The summed E-state index contributed by atoms with van der Waals surface area (Å²) in [7, 11) is 0. The zero-order valence-corrected chi connectivity index (χ0v) is 7.02. The highest BCUT2D eigenvalue weighted by Gasteiger charge is 2.35. The van der Waals surface area contributed by atoms with Crippen molar-refractivity contribution in [3.05, 3.63) is 17.5 Å². The van der Waals surface area contributed by atoms with Crippen LogP contribution in [0.2, 0.25) is 0 Å². The minimum Gasteiger partial charge on any atom is -0.395 e. The van der Waals surface area contributed by atoms with Gasteiger partial charge in [-0.1, -0.05) is 11.8 Å². The third-order valence-electron chi connectivity index (χ3n) is 1.38. The summed E-state index contributed by atoms with van der Waals surface area (Å²) in [6, 6.07) is 0. The maximum Gasteiger partial charge on any atom is 0.434 e. The van der Waals surface area contributed by atoms with Gasteiger partial charge in [-0.25, -0.2) is 0 Å². The van der Waals surface area contributed by atoms with E-state index in [-0.39, 0.29) is 18.6 Å². The first kappa shape index (κ1) is 10.6. The SMILES string of the molecule is OCCC#Cc1cn[nH]c1C(F)(F)F. The number of nitrogens with zero attached hydrogens (tertiary/aromatic N) is 1. The van der Waals surface area contributed by atoms with Crippen molar-refractivity contribution >= 4 is 0 Å². The van der Waals surface area contributed by atoms with Gasteiger partial charge < -0.3 is 5.11 Å². The van der Waals surface area contributed by atoms with E-state index in [1.807, 2.05) is 5.10 Å². The van der Waals surface area contributed by atoms with Crippen LogP contribution in [0.4, 0.5) is 13.2 Å². The van der Waals surface area contributed by atoms with Gasteiger partial charge in [0.05, 0.1) is 18.4 Å². The lowest BCUT2D eigenvalue weighted by molar-refractivity contribution is -0.141. The van der Waals surface area contributed by atoms with Crippen LogP contribution in [0.3, 0.4) is 0 Å². The monoisotopic (exact) mass is 204 g/mol. The van der Waals surface area contributed by atoms with E-state index in [2.05, 4.69) is 16.9 Å². The molecule has 0 aliphatic carbocycles. The second kappa shape index (κ2) is 4.15. The van der Waals surface area contributed by atoms with Crippen LogP contribution < -0.4 is 0 Å². The smallest absolute Gasteiger partial charge is 0.395 e. The van der Waals surface area contributed by atoms with Gasteiger partial charge in [-0.3, -0.25) is 5.10 Å². The third-order valence-corrected chi connectivity index (χ3v) is 1.38. The van der Waals surface area contributed by atoms with E-state index >= 15 is 0 Å². The first-order valence-electron chi connectivity index (χ1n) is 3.76. The Hall–Kier alpha value is -1.48. The van der Waals surface area contributed by atoms with E-state index in [0.29, 0.717) is 0 Å². The van der Waals surface area contributed by atoms with Crippen molar-refractivity contribution in [2.45, 2.75) is 12.6 Å². The molecule has 3 nitrogen and oxygen atoms in total. The standard InChI is InChI=1S/C8H7F3N2O/c9-8(10,11)7-6(5-12-13-7)3-1-2-4-14/h5,14H,2,4H2,(H,12,13). The van der Waals surface area contributed by atoms with Gasteiger partial charge in [0.25, 0.3) is 0 Å². The van der Waals surface area contributed by atoms with Crippen molar-refractivity contribution in [2.24, 2.45) is 0 Å². The number of halogens is 3. The van der Waals surface area contributed by atoms with Gasteiger partial charge in [0.1, 0.15) is 0 Å². The molecule has 0 bridgehead atoms. The third kappa shape index (κ3) is 2.50. The largest absolute Gasteiger partial charge is 0.434 e. The van der Waals surface area contributed by atoms with Gasteiger partial charge in [0, 0.05) is 6.42 Å². The second-order valence-corrected chi connectivity index (χ2v) is 2.43. The number of aliphatic hydroxyl groups is 1. The van der Waals surface area contributed by atoms with E-state index in [0.717, 1.165) is 6.20 Å². The fourth-order valence-electron chi connectivity index (χ4n) is 0.811. The van der Waals surface area contributed by atoms with E-state index in [1.54, 1.807) is 0 Å². The summed E-state index contributed by atoms with van der Waals surface area (Å²) in [5.41, 5.74) is -1.16. The lowest BCUT2D eigenvalue weighted by atomic mass is 10.2. The predicted molar refractivity (Wildman–Crippen MR) is 42.2 cm³/mol. The highest BCUT2D eigenvalue weighted by atomic mass is 19.4. The van der Waals surface area contributed by atoms with E-state index in [1.165, 1.54) is 0 Å².